The molecule has 17 heavy (non-hydrogen) atoms. The first-order valence-electron chi connectivity index (χ1n) is 6.45. The molecule has 1 aromatic heterocycles. The van der Waals surface area contributed by atoms with Crippen molar-refractivity contribution in [3.05, 3.63) is 11.9 Å². The van der Waals surface area contributed by atoms with Gasteiger partial charge in [0, 0.05) is 13.2 Å². The third-order valence-electron chi connectivity index (χ3n) is 2.87. The zero-order valence-electron chi connectivity index (χ0n) is 11.3. The Morgan fingerprint density at radius 2 is 2.18 bits per heavy atom. The first kappa shape index (κ1) is 14.1. The van der Waals surface area contributed by atoms with Crippen LogP contribution in [0.1, 0.15) is 45.3 Å². The summed E-state index contributed by atoms with van der Waals surface area (Å²) in [6.07, 6.45) is 4.02. The molecule has 0 aliphatic carbocycles. The Hall–Kier alpha value is -0.940. The predicted octanol–water partition coefficient (Wildman–Crippen LogP) is 1.76. The van der Waals surface area contributed by atoms with E-state index in [0.29, 0.717) is 0 Å². The second-order valence-corrected chi connectivity index (χ2v) is 4.05. The van der Waals surface area contributed by atoms with E-state index in [1.165, 1.54) is 0 Å². The molecule has 5 heteroatoms. The number of hydrogen-bond acceptors (Lipinski definition) is 4. The highest BCUT2D eigenvalue weighted by atomic mass is 16.5. The Balaban J connectivity index is 2.86. The number of aromatic nitrogens is 3. The largest absolute Gasteiger partial charge is 0.376 e. The zero-order chi connectivity index (χ0) is 12.7. The van der Waals surface area contributed by atoms with Crippen molar-refractivity contribution in [3.63, 3.8) is 0 Å². The Morgan fingerprint density at radius 1 is 1.41 bits per heavy atom. The first-order valence-corrected chi connectivity index (χ1v) is 6.45. The van der Waals surface area contributed by atoms with Gasteiger partial charge >= 0.3 is 0 Å². The summed E-state index contributed by atoms with van der Waals surface area (Å²) < 4.78 is 7.73. The second kappa shape index (κ2) is 7.40. The molecule has 0 amide bonds. The number of rotatable bonds is 8. The van der Waals surface area contributed by atoms with Crippen LogP contribution in [0.3, 0.4) is 0 Å². The highest BCUT2D eigenvalue weighted by molar-refractivity contribution is 5.05. The lowest BCUT2D eigenvalue weighted by molar-refractivity contribution is 0.0311. The Kier molecular flexibility index (Phi) is 6.15. The molecule has 1 N–H and O–H groups in total. The third kappa shape index (κ3) is 3.51. The van der Waals surface area contributed by atoms with Crippen LogP contribution in [0.4, 0.5) is 0 Å². The Labute approximate surface area is 104 Å². The lowest BCUT2D eigenvalue weighted by Gasteiger charge is -2.25. The van der Waals surface area contributed by atoms with E-state index in [1.807, 2.05) is 24.9 Å². The van der Waals surface area contributed by atoms with Crippen LogP contribution in [-0.2, 0) is 11.3 Å². The van der Waals surface area contributed by atoms with Gasteiger partial charge in [-0.05, 0) is 26.8 Å². The molecule has 0 aliphatic heterocycles. The van der Waals surface area contributed by atoms with Crippen LogP contribution in [0.2, 0.25) is 0 Å². The molecular formula is C12H24N4O. The van der Waals surface area contributed by atoms with Crippen molar-refractivity contribution in [2.75, 3.05) is 13.7 Å². The lowest BCUT2D eigenvalue weighted by atomic mass is 10.1. The van der Waals surface area contributed by atoms with Crippen molar-refractivity contribution in [1.82, 2.24) is 20.3 Å². The van der Waals surface area contributed by atoms with E-state index in [0.717, 1.165) is 31.7 Å². The number of hydrogen-bond donors (Lipinski definition) is 1. The summed E-state index contributed by atoms with van der Waals surface area (Å²) in [5, 5.41) is 11.4. The maximum Gasteiger partial charge on any atom is 0.0783 e. The normalized spacial score (nSPS) is 14.8. The highest BCUT2D eigenvalue weighted by Crippen LogP contribution is 2.20. The summed E-state index contributed by atoms with van der Waals surface area (Å²) in [5.74, 6) is 0. The van der Waals surface area contributed by atoms with Crippen molar-refractivity contribution in [2.24, 2.45) is 0 Å². The van der Waals surface area contributed by atoms with Gasteiger partial charge in [0.1, 0.15) is 0 Å². The Morgan fingerprint density at radius 3 is 2.71 bits per heavy atom. The number of ether oxygens (including phenoxy) is 1. The summed E-state index contributed by atoms with van der Waals surface area (Å²) in [6, 6.07) is 0.154. The van der Waals surface area contributed by atoms with Crippen molar-refractivity contribution < 1.29 is 4.74 Å². The molecule has 0 spiro atoms. The van der Waals surface area contributed by atoms with Gasteiger partial charge in [-0.1, -0.05) is 19.1 Å². The molecule has 98 valence electrons. The van der Waals surface area contributed by atoms with Gasteiger partial charge in [-0.2, -0.15) is 0 Å². The fraction of sp³-hybridized carbons (Fsp3) is 0.833. The SMILES string of the molecule is CCCn1nncc1C(NC)C(CC)OCC. The first-order chi connectivity index (χ1) is 8.28. The van der Waals surface area contributed by atoms with Gasteiger partial charge in [0.2, 0.25) is 0 Å². The monoisotopic (exact) mass is 240 g/mol. The molecule has 0 aromatic carbocycles. The van der Waals surface area contributed by atoms with E-state index in [9.17, 15) is 0 Å². The molecular weight excluding hydrogens is 216 g/mol. The van der Waals surface area contributed by atoms with E-state index in [1.54, 1.807) is 0 Å². The lowest BCUT2D eigenvalue weighted by Crippen LogP contribution is -2.33. The second-order valence-electron chi connectivity index (χ2n) is 4.05. The predicted molar refractivity (Wildman–Crippen MR) is 67.8 cm³/mol. The third-order valence-corrected chi connectivity index (χ3v) is 2.87. The molecule has 2 atom stereocenters. The number of likely N-dealkylation sites (N-methyl/N-ethyl adjacent to an activating group) is 1. The van der Waals surface area contributed by atoms with Crippen molar-refractivity contribution in [1.29, 1.82) is 0 Å². The summed E-state index contributed by atoms with van der Waals surface area (Å²) in [4.78, 5) is 0. The van der Waals surface area contributed by atoms with Crippen molar-refractivity contribution >= 4 is 0 Å². The standard InChI is InChI=1S/C12H24N4O/c1-5-8-16-10(9-14-15-16)12(13-4)11(6-2)17-7-3/h9,11-13H,5-8H2,1-4H3. The molecule has 0 fully saturated rings. The van der Waals surface area contributed by atoms with Crippen LogP contribution in [0, 0.1) is 0 Å². The molecule has 2 unspecified atom stereocenters. The van der Waals surface area contributed by atoms with E-state index in [2.05, 4.69) is 29.5 Å². The van der Waals surface area contributed by atoms with Gasteiger partial charge in [-0.3, -0.25) is 0 Å². The van der Waals surface area contributed by atoms with Crippen LogP contribution in [0.25, 0.3) is 0 Å². The molecule has 0 radical (unpaired) electrons. The molecule has 0 aliphatic rings. The van der Waals surface area contributed by atoms with E-state index in [-0.39, 0.29) is 12.1 Å². The van der Waals surface area contributed by atoms with Crippen LogP contribution >= 0.6 is 0 Å². The highest BCUT2D eigenvalue weighted by Gasteiger charge is 2.24. The summed E-state index contributed by atoms with van der Waals surface area (Å²) in [6.45, 7) is 7.93. The molecule has 5 nitrogen and oxygen atoms in total. The fourth-order valence-corrected chi connectivity index (χ4v) is 2.08. The van der Waals surface area contributed by atoms with Gasteiger partial charge in [-0.25, -0.2) is 4.68 Å². The van der Waals surface area contributed by atoms with Crippen molar-refractivity contribution in [2.45, 2.75) is 52.3 Å². The average molecular weight is 240 g/mol. The van der Waals surface area contributed by atoms with Crippen LogP contribution in [-0.4, -0.2) is 34.8 Å². The molecule has 0 bridgehead atoms. The van der Waals surface area contributed by atoms with Crippen molar-refractivity contribution in [3.8, 4) is 0 Å². The fourth-order valence-electron chi connectivity index (χ4n) is 2.08. The maximum absolute atomic E-state index is 5.77. The van der Waals surface area contributed by atoms with Gasteiger partial charge in [0.05, 0.1) is 24.0 Å². The van der Waals surface area contributed by atoms with E-state index < -0.39 is 0 Å². The summed E-state index contributed by atoms with van der Waals surface area (Å²) in [7, 11) is 1.95. The average Bonchev–Trinajstić information content (AvgIpc) is 2.78. The molecule has 1 rings (SSSR count). The minimum atomic E-state index is 0.154. The number of nitrogens with zero attached hydrogens (tertiary/aromatic N) is 3. The molecule has 1 heterocycles. The van der Waals surface area contributed by atoms with E-state index >= 15 is 0 Å². The molecule has 0 saturated heterocycles. The minimum Gasteiger partial charge on any atom is -0.376 e. The summed E-state index contributed by atoms with van der Waals surface area (Å²) >= 11 is 0. The quantitative estimate of drug-likeness (QED) is 0.752. The topological polar surface area (TPSA) is 52.0 Å². The zero-order valence-corrected chi connectivity index (χ0v) is 11.3. The number of nitrogens with one attached hydrogen (secondary N) is 1. The van der Waals surface area contributed by atoms with Crippen LogP contribution in [0.5, 0.6) is 0 Å². The Bertz CT molecular complexity index is 313. The summed E-state index contributed by atoms with van der Waals surface area (Å²) in [5.41, 5.74) is 1.11. The van der Waals surface area contributed by atoms with Gasteiger partial charge in [0.25, 0.3) is 0 Å². The minimum absolute atomic E-state index is 0.154. The van der Waals surface area contributed by atoms with Crippen LogP contribution in [0.15, 0.2) is 6.20 Å². The molecule has 1 aromatic rings. The van der Waals surface area contributed by atoms with Gasteiger partial charge < -0.3 is 10.1 Å². The molecule has 0 saturated carbocycles. The smallest absolute Gasteiger partial charge is 0.0783 e. The maximum atomic E-state index is 5.77. The number of aryl methyl sites for hydroxylation is 1. The van der Waals surface area contributed by atoms with Gasteiger partial charge in [-0.15, -0.1) is 5.10 Å². The van der Waals surface area contributed by atoms with Gasteiger partial charge in [0.15, 0.2) is 0 Å². The van der Waals surface area contributed by atoms with Crippen LogP contribution < -0.4 is 5.32 Å². The van der Waals surface area contributed by atoms with E-state index in [4.69, 9.17) is 4.74 Å².